The highest BCUT2D eigenvalue weighted by Gasteiger charge is 2.72. The molecule has 196 valence electrons. The van der Waals surface area contributed by atoms with Crippen molar-refractivity contribution < 1.29 is 23.8 Å². The second-order valence-corrected chi connectivity index (χ2v) is 14.7. The Bertz CT molecular complexity index is 908. The molecule has 0 bridgehead atoms. The Hall–Kier alpha value is -0.460. The Morgan fingerprint density at radius 3 is 2.57 bits per heavy atom. The highest BCUT2D eigenvalue weighted by atomic mass is 79.9. The smallest absolute Gasteiger partial charge is 0.302 e. The number of ketones is 1. The lowest BCUT2D eigenvalue weighted by molar-refractivity contribution is -0.267. The Morgan fingerprint density at radius 1 is 1.09 bits per heavy atom. The molecule has 4 saturated carbocycles. The van der Waals surface area contributed by atoms with E-state index in [0.29, 0.717) is 41.8 Å². The summed E-state index contributed by atoms with van der Waals surface area (Å²) in [5, 5.41) is 0. The molecule has 6 heteroatoms. The van der Waals surface area contributed by atoms with Crippen LogP contribution in [0.5, 0.6) is 0 Å². The summed E-state index contributed by atoms with van der Waals surface area (Å²) in [6.07, 6.45) is 8.27. The van der Waals surface area contributed by atoms with Crippen molar-refractivity contribution in [1.82, 2.24) is 0 Å². The van der Waals surface area contributed by atoms with Crippen LogP contribution in [-0.4, -0.2) is 41.2 Å². The summed E-state index contributed by atoms with van der Waals surface area (Å²) in [5.74, 6) is 2.67. The van der Waals surface area contributed by atoms with Gasteiger partial charge in [-0.15, -0.1) is 0 Å². The third-order valence-electron chi connectivity index (χ3n) is 12.1. The third-order valence-corrected chi connectivity index (χ3v) is 13.1. The number of fused-ring (bicyclic) bond motifs is 7. The number of Topliss-reactive ketones (excluding diaryl/α,β-unsaturated/α-hetero) is 1. The fraction of sp³-hybridized carbons (Fsp3) is 0.931. The lowest BCUT2D eigenvalue weighted by atomic mass is 9.44. The zero-order valence-corrected chi connectivity index (χ0v) is 23.6. The standard InChI is InChI=1S/C29H43BrO5/c1-15-10-24(30)29(33-14-15)16(2)26-23(35-29)12-22-20-7-6-18-11-19(34-17(3)31)8-9-27(18,4)21(20)13-25(32)28(22,26)5/h15-16,18-24,26H,6-14H2,1-5H3/t15-,16+,18+,19+,20-,21+,22+,23+,24+,26+,27+,28-,29-/m1/s1. The molecular weight excluding hydrogens is 508 g/mol. The third kappa shape index (κ3) is 3.37. The van der Waals surface area contributed by atoms with Gasteiger partial charge in [0.25, 0.3) is 0 Å². The summed E-state index contributed by atoms with van der Waals surface area (Å²) in [7, 11) is 0. The molecular formula is C29H43BrO5. The van der Waals surface area contributed by atoms with Crippen LogP contribution < -0.4 is 0 Å². The van der Waals surface area contributed by atoms with Crippen molar-refractivity contribution in [3.63, 3.8) is 0 Å². The molecule has 2 heterocycles. The lowest BCUT2D eigenvalue weighted by Gasteiger charge is -2.60. The number of hydrogen-bond donors (Lipinski definition) is 0. The number of hydrogen-bond acceptors (Lipinski definition) is 5. The van der Waals surface area contributed by atoms with Crippen molar-refractivity contribution in [2.45, 2.75) is 109 Å². The minimum Gasteiger partial charge on any atom is -0.463 e. The maximum Gasteiger partial charge on any atom is 0.302 e. The van der Waals surface area contributed by atoms with Crippen molar-refractivity contribution in [1.29, 1.82) is 0 Å². The molecule has 0 amide bonds. The van der Waals surface area contributed by atoms with Crippen LogP contribution in [0.15, 0.2) is 0 Å². The molecule has 0 N–H and O–H groups in total. The first-order valence-corrected chi connectivity index (χ1v) is 15.1. The molecule has 0 unspecified atom stereocenters. The monoisotopic (exact) mass is 550 g/mol. The van der Waals surface area contributed by atoms with Crippen LogP contribution in [0.1, 0.15) is 86.0 Å². The van der Waals surface area contributed by atoms with Crippen LogP contribution >= 0.6 is 15.9 Å². The van der Waals surface area contributed by atoms with Gasteiger partial charge in [-0.1, -0.05) is 43.6 Å². The summed E-state index contributed by atoms with van der Waals surface area (Å²) in [6.45, 7) is 11.5. The molecule has 0 aromatic carbocycles. The van der Waals surface area contributed by atoms with Gasteiger partial charge in [0.1, 0.15) is 11.9 Å². The summed E-state index contributed by atoms with van der Waals surface area (Å²) in [6, 6.07) is 0. The van der Waals surface area contributed by atoms with Gasteiger partial charge in [0, 0.05) is 30.6 Å². The Kier molecular flexibility index (Phi) is 5.87. The molecule has 1 spiro atoms. The predicted octanol–water partition coefficient (Wildman–Crippen LogP) is 5.92. The number of carbonyl (C=O) groups is 2. The van der Waals surface area contributed by atoms with Gasteiger partial charge in [-0.05, 0) is 80.0 Å². The number of carbonyl (C=O) groups excluding carboxylic acids is 2. The second-order valence-electron chi connectivity index (χ2n) is 13.6. The average Bonchev–Trinajstić information content (AvgIpc) is 3.24. The molecule has 6 rings (SSSR count). The van der Waals surface area contributed by atoms with Crippen LogP contribution in [0.25, 0.3) is 0 Å². The van der Waals surface area contributed by atoms with E-state index >= 15 is 0 Å². The van der Waals surface area contributed by atoms with Gasteiger partial charge < -0.3 is 14.2 Å². The molecule has 5 nitrogen and oxygen atoms in total. The van der Waals surface area contributed by atoms with Gasteiger partial charge >= 0.3 is 5.97 Å². The number of rotatable bonds is 1. The van der Waals surface area contributed by atoms with Crippen molar-refractivity contribution in [3.8, 4) is 0 Å². The molecule has 0 radical (unpaired) electrons. The Labute approximate surface area is 218 Å². The highest BCUT2D eigenvalue weighted by molar-refractivity contribution is 9.09. The van der Waals surface area contributed by atoms with E-state index in [9.17, 15) is 9.59 Å². The molecule has 13 atom stereocenters. The molecule has 2 aliphatic heterocycles. The number of alkyl halides is 1. The molecule has 2 saturated heterocycles. The summed E-state index contributed by atoms with van der Waals surface area (Å²) in [4.78, 5) is 25.9. The largest absolute Gasteiger partial charge is 0.463 e. The van der Waals surface area contributed by atoms with Gasteiger partial charge in [-0.3, -0.25) is 9.59 Å². The topological polar surface area (TPSA) is 61.8 Å². The van der Waals surface area contributed by atoms with E-state index < -0.39 is 5.79 Å². The van der Waals surface area contributed by atoms with E-state index in [0.717, 1.165) is 38.7 Å². The van der Waals surface area contributed by atoms with Gasteiger partial charge in [0.05, 0.1) is 17.5 Å². The van der Waals surface area contributed by atoms with Crippen molar-refractivity contribution >= 4 is 27.7 Å². The first-order chi connectivity index (χ1) is 16.5. The highest BCUT2D eigenvalue weighted by Crippen LogP contribution is 2.70. The summed E-state index contributed by atoms with van der Waals surface area (Å²) >= 11 is 3.94. The van der Waals surface area contributed by atoms with E-state index in [-0.39, 0.29) is 45.7 Å². The molecule has 0 aromatic rings. The van der Waals surface area contributed by atoms with E-state index in [1.54, 1.807) is 0 Å². The molecule has 0 aromatic heterocycles. The van der Waals surface area contributed by atoms with E-state index in [4.69, 9.17) is 14.2 Å². The van der Waals surface area contributed by atoms with Crippen LogP contribution in [0.4, 0.5) is 0 Å². The van der Waals surface area contributed by atoms with Crippen LogP contribution in [0.2, 0.25) is 0 Å². The Balaban J connectivity index is 1.26. The second kappa shape index (κ2) is 8.27. The number of halogens is 1. The van der Waals surface area contributed by atoms with Crippen LogP contribution in [0, 0.1) is 52.3 Å². The van der Waals surface area contributed by atoms with Gasteiger partial charge in [0.2, 0.25) is 0 Å². The van der Waals surface area contributed by atoms with Gasteiger partial charge in [-0.2, -0.15) is 0 Å². The van der Waals surface area contributed by atoms with E-state index in [2.05, 4.69) is 43.6 Å². The fourth-order valence-electron chi connectivity index (χ4n) is 10.3. The molecule has 6 aliphatic rings. The first-order valence-electron chi connectivity index (χ1n) is 14.2. The lowest BCUT2D eigenvalue weighted by Crippen LogP contribution is -2.59. The zero-order valence-electron chi connectivity index (χ0n) is 22.1. The number of ether oxygens (including phenoxy) is 3. The Morgan fingerprint density at radius 2 is 1.86 bits per heavy atom. The van der Waals surface area contributed by atoms with Crippen molar-refractivity contribution in [2.24, 2.45) is 52.3 Å². The normalized spacial score (nSPS) is 57.3. The maximum atomic E-state index is 14.2. The summed E-state index contributed by atoms with van der Waals surface area (Å²) in [5.41, 5.74) is -0.141. The summed E-state index contributed by atoms with van der Waals surface area (Å²) < 4.78 is 19.0. The quantitative estimate of drug-likeness (QED) is 0.299. The zero-order chi connectivity index (χ0) is 24.9. The predicted molar refractivity (Wildman–Crippen MR) is 136 cm³/mol. The minimum absolute atomic E-state index is 0.0540. The van der Waals surface area contributed by atoms with Crippen LogP contribution in [-0.2, 0) is 23.8 Å². The molecule has 35 heavy (non-hydrogen) atoms. The molecule has 6 fully saturated rings. The molecule has 4 aliphatic carbocycles. The van der Waals surface area contributed by atoms with Gasteiger partial charge in [0.15, 0.2) is 5.79 Å². The average molecular weight is 552 g/mol. The van der Waals surface area contributed by atoms with Gasteiger partial charge in [-0.25, -0.2) is 0 Å². The van der Waals surface area contributed by atoms with Crippen molar-refractivity contribution in [2.75, 3.05) is 6.61 Å². The maximum absolute atomic E-state index is 14.2. The number of esters is 1. The minimum atomic E-state index is -0.592. The van der Waals surface area contributed by atoms with E-state index in [1.165, 1.54) is 19.8 Å². The first kappa shape index (κ1) is 24.9. The van der Waals surface area contributed by atoms with Crippen LogP contribution in [0.3, 0.4) is 0 Å². The fourth-order valence-corrected chi connectivity index (χ4v) is 11.6. The SMILES string of the molecule is CC(=O)O[C@H]1CC[C@@]2(C)[C@@H](CC[C@@H]3[C@@H]2CC(=O)[C@]2(C)[C@@H]4[C@H](C[C@@H]32)O[C@]2(OC[C@H](C)C[C@@H]2Br)[C@H]4C)C1. The van der Waals surface area contributed by atoms with Crippen molar-refractivity contribution in [3.05, 3.63) is 0 Å². The van der Waals surface area contributed by atoms with E-state index in [1.807, 2.05) is 0 Å².